The van der Waals surface area contributed by atoms with Gasteiger partial charge in [0.25, 0.3) is 0 Å². The summed E-state index contributed by atoms with van der Waals surface area (Å²) >= 11 is 4.01. The number of benzene rings is 1. The molecule has 1 fully saturated rings. The molecule has 1 unspecified atom stereocenters. The summed E-state index contributed by atoms with van der Waals surface area (Å²) < 4.78 is 22.6. The lowest BCUT2D eigenvalue weighted by atomic mass is 10.3. The Hall–Kier alpha value is -0.330. The number of anilines is 1. The molecule has 3 nitrogen and oxygen atoms in total. The Balaban J connectivity index is 1.90. The number of rotatable bonds is 4. The third kappa shape index (κ3) is 4.10. The van der Waals surface area contributed by atoms with Crippen LogP contribution in [0, 0.1) is 0 Å². The average Bonchev–Trinajstić information content (AvgIpc) is 2.37. The van der Waals surface area contributed by atoms with Crippen molar-refractivity contribution in [2.75, 3.05) is 35.4 Å². The topological polar surface area (TPSA) is 46.2 Å². The number of sulfone groups is 1. The first-order valence-electron chi connectivity index (χ1n) is 5.79. The first-order chi connectivity index (χ1) is 8.55. The van der Waals surface area contributed by atoms with Crippen LogP contribution in [0.15, 0.2) is 29.2 Å². The van der Waals surface area contributed by atoms with E-state index in [1.165, 1.54) is 23.5 Å². The Morgan fingerprint density at radius 3 is 2.56 bits per heavy atom. The van der Waals surface area contributed by atoms with Crippen molar-refractivity contribution in [1.29, 1.82) is 0 Å². The highest BCUT2D eigenvalue weighted by Crippen LogP contribution is 2.24. The van der Waals surface area contributed by atoms with Gasteiger partial charge in [0.05, 0.1) is 4.90 Å². The van der Waals surface area contributed by atoms with E-state index in [2.05, 4.69) is 5.32 Å². The van der Waals surface area contributed by atoms with Gasteiger partial charge in [0.15, 0.2) is 9.84 Å². The monoisotopic (exact) mass is 303 g/mol. The summed E-state index contributed by atoms with van der Waals surface area (Å²) in [5.74, 6) is 3.67. The Bertz CT molecular complexity index is 479. The third-order valence-electron chi connectivity index (χ3n) is 2.70. The molecule has 1 saturated heterocycles. The standard InChI is InChI=1S/C12H17NO2S3/c1-18(14,15)12-4-2-10(3-5-12)13-8-11-9-16-6-7-17-11/h2-5,11,13H,6-9H2,1H3. The van der Waals surface area contributed by atoms with Crippen LogP contribution in [0.2, 0.25) is 0 Å². The van der Waals surface area contributed by atoms with Crippen molar-refractivity contribution < 1.29 is 8.42 Å². The maximum Gasteiger partial charge on any atom is 0.175 e. The number of nitrogens with one attached hydrogen (secondary N) is 1. The Labute approximate surface area is 117 Å². The van der Waals surface area contributed by atoms with Crippen LogP contribution in [0.25, 0.3) is 0 Å². The number of hydrogen-bond donors (Lipinski definition) is 1. The van der Waals surface area contributed by atoms with E-state index in [0.29, 0.717) is 10.1 Å². The summed E-state index contributed by atoms with van der Waals surface area (Å²) in [6, 6.07) is 6.97. The molecule has 6 heteroatoms. The van der Waals surface area contributed by atoms with Gasteiger partial charge < -0.3 is 5.32 Å². The molecule has 18 heavy (non-hydrogen) atoms. The maximum atomic E-state index is 11.3. The van der Waals surface area contributed by atoms with Crippen LogP contribution in [0.3, 0.4) is 0 Å². The van der Waals surface area contributed by atoms with E-state index in [1.54, 1.807) is 12.1 Å². The zero-order chi connectivity index (χ0) is 13.0. The lowest BCUT2D eigenvalue weighted by molar-refractivity contribution is 0.602. The average molecular weight is 303 g/mol. The fourth-order valence-electron chi connectivity index (χ4n) is 1.71. The highest BCUT2D eigenvalue weighted by Gasteiger charge is 2.13. The Morgan fingerprint density at radius 2 is 2.00 bits per heavy atom. The van der Waals surface area contributed by atoms with Gasteiger partial charge in [-0.3, -0.25) is 0 Å². The molecule has 0 radical (unpaired) electrons. The maximum absolute atomic E-state index is 11.3. The molecule has 1 aromatic rings. The van der Waals surface area contributed by atoms with Crippen molar-refractivity contribution in [3.63, 3.8) is 0 Å². The summed E-state index contributed by atoms with van der Waals surface area (Å²) in [6.45, 7) is 0.940. The largest absolute Gasteiger partial charge is 0.384 e. The molecule has 1 aromatic carbocycles. The van der Waals surface area contributed by atoms with Gasteiger partial charge in [-0.15, -0.1) is 0 Å². The van der Waals surface area contributed by atoms with Crippen LogP contribution < -0.4 is 5.32 Å². The molecule has 0 amide bonds. The molecular weight excluding hydrogens is 286 g/mol. The highest BCUT2D eigenvalue weighted by atomic mass is 32.2. The van der Waals surface area contributed by atoms with Gasteiger partial charge in [-0.2, -0.15) is 23.5 Å². The first-order valence-corrected chi connectivity index (χ1v) is 9.88. The number of thioether (sulfide) groups is 2. The molecule has 100 valence electrons. The van der Waals surface area contributed by atoms with Gasteiger partial charge in [-0.05, 0) is 24.3 Å². The molecule has 0 aliphatic carbocycles. The fraction of sp³-hybridized carbons (Fsp3) is 0.500. The molecular formula is C12H17NO2S3. The summed E-state index contributed by atoms with van der Waals surface area (Å²) in [7, 11) is -3.09. The molecule has 1 atom stereocenters. The lowest BCUT2D eigenvalue weighted by Gasteiger charge is -2.21. The van der Waals surface area contributed by atoms with Gasteiger partial charge >= 0.3 is 0 Å². The van der Waals surface area contributed by atoms with Crippen molar-refractivity contribution in [1.82, 2.24) is 0 Å². The van der Waals surface area contributed by atoms with E-state index >= 15 is 0 Å². The summed E-state index contributed by atoms with van der Waals surface area (Å²) in [5, 5.41) is 4.02. The van der Waals surface area contributed by atoms with Crippen LogP contribution in [0.1, 0.15) is 0 Å². The SMILES string of the molecule is CS(=O)(=O)c1ccc(NCC2CSCCS2)cc1. The lowest BCUT2D eigenvalue weighted by Crippen LogP contribution is -2.23. The van der Waals surface area contributed by atoms with Crippen molar-refractivity contribution in [3.05, 3.63) is 24.3 Å². The van der Waals surface area contributed by atoms with Gasteiger partial charge in [0, 0.05) is 41.0 Å². The molecule has 0 spiro atoms. The third-order valence-corrected chi connectivity index (χ3v) is 6.67. The van der Waals surface area contributed by atoms with Crippen LogP contribution in [0.4, 0.5) is 5.69 Å². The van der Waals surface area contributed by atoms with Crippen LogP contribution in [-0.4, -0.2) is 43.7 Å². The summed E-state index contributed by atoms with van der Waals surface area (Å²) in [5.41, 5.74) is 0.985. The molecule has 1 aliphatic rings. The van der Waals surface area contributed by atoms with Gasteiger partial charge in [-0.1, -0.05) is 0 Å². The second-order valence-electron chi connectivity index (χ2n) is 4.25. The van der Waals surface area contributed by atoms with E-state index in [-0.39, 0.29) is 0 Å². The van der Waals surface area contributed by atoms with Crippen molar-refractivity contribution in [3.8, 4) is 0 Å². The molecule has 0 aromatic heterocycles. The summed E-state index contributed by atoms with van der Waals surface area (Å²) in [4.78, 5) is 0.371. The van der Waals surface area contributed by atoms with Crippen LogP contribution in [-0.2, 0) is 9.84 Å². The van der Waals surface area contributed by atoms with E-state index in [4.69, 9.17) is 0 Å². The Morgan fingerprint density at radius 1 is 1.28 bits per heavy atom. The minimum atomic E-state index is -3.09. The second kappa shape index (κ2) is 6.21. The Kier molecular flexibility index (Phi) is 4.86. The quantitative estimate of drug-likeness (QED) is 0.925. The van der Waals surface area contributed by atoms with Crippen molar-refractivity contribution in [2.24, 2.45) is 0 Å². The molecule has 1 aliphatic heterocycles. The number of hydrogen-bond acceptors (Lipinski definition) is 5. The summed E-state index contributed by atoms with van der Waals surface area (Å²) in [6.07, 6.45) is 1.23. The first kappa shape index (κ1) is 14.1. The van der Waals surface area contributed by atoms with Gasteiger partial charge in [0.1, 0.15) is 0 Å². The van der Waals surface area contributed by atoms with E-state index in [0.717, 1.165) is 12.2 Å². The van der Waals surface area contributed by atoms with Crippen molar-refractivity contribution in [2.45, 2.75) is 10.1 Å². The fourth-order valence-corrected chi connectivity index (χ4v) is 4.95. The zero-order valence-corrected chi connectivity index (χ0v) is 12.7. The molecule has 0 saturated carbocycles. The van der Waals surface area contributed by atoms with E-state index in [9.17, 15) is 8.42 Å². The smallest absolute Gasteiger partial charge is 0.175 e. The second-order valence-corrected chi connectivity index (χ2v) is 8.82. The predicted octanol–water partition coefficient (Wildman–Crippen LogP) is 2.35. The van der Waals surface area contributed by atoms with E-state index < -0.39 is 9.84 Å². The minimum absolute atomic E-state index is 0.371. The normalized spacial score (nSPS) is 20.6. The molecule has 1 heterocycles. The van der Waals surface area contributed by atoms with Gasteiger partial charge in [-0.25, -0.2) is 8.42 Å². The van der Waals surface area contributed by atoms with E-state index in [1.807, 2.05) is 35.7 Å². The van der Waals surface area contributed by atoms with Crippen LogP contribution in [0.5, 0.6) is 0 Å². The predicted molar refractivity (Wildman–Crippen MR) is 81.6 cm³/mol. The zero-order valence-electron chi connectivity index (χ0n) is 10.3. The van der Waals surface area contributed by atoms with Gasteiger partial charge in [0.2, 0.25) is 0 Å². The molecule has 2 rings (SSSR count). The highest BCUT2D eigenvalue weighted by molar-refractivity contribution is 8.06. The van der Waals surface area contributed by atoms with Crippen molar-refractivity contribution >= 4 is 39.0 Å². The van der Waals surface area contributed by atoms with Crippen LogP contribution >= 0.6 is 23.5 Å². The molecule has 1 N–H and O–H groups in total. The molecule has 0 bridgehead atoms. The minimum Gasteiger partial charge on any atom is -0.384 e.